The Morgan fingerprint density at radius 3 is 2.90 bits per heavy atom. The number of nitrogens with one attached hydrogen (secondary N) is 1. The quantitative estimate of drug-likeness (QED) is 0.834. The summed E-state index contributed by atoms with van der Waals surface area (Å²) < 4.78 is 5.69. The lowest BCUT2D eigenvalue weighted by Crippen LogP contribution is -2.55. The number of morpholine rings is 1. The third-order valence-electron chi connectivity index (χ3n) is 4.08. The zero-order valence-corrected chi connectivity index (χ0v) is 13.0. The number of nitrogens with two attached hydrogens (primary N) is 1. The molecule has 0 spiro atoms. The highest BCUT2D eigenvalue weighted by Crippen LogP contribution is 2.21. The first-order chi connectivity index (χ1) is 10.0. The molecule has 5 heteroatoms. The third kappa shape index (κ3) is 3.74. The fourth-order valence-electron chi connectivity index (χ4n) is 2.70. The molecule has 0 radical (unpaired) electrons. The number of carbonyl (C=O) groups excluding carboxylic acids is 1. The minimum atomic E-state index is -0.207. The van der Waals surface area contributed by atoms with Crippen LogP contribution in [0.1, 0.15) is 27.2 Å². The van der Waals surface area contributed by atoms with E-state index in [0.717, 1.165) is 13.0 Å². The number of anilines is 2. The molecule has 0 bridgehead atoms. The molecule has 1 heterocycles. The van der Waals surface area contributed by atoms with E-state index in [-0.39, 0.29) is 24.1 Å². The number of amides is 1. The highest BCUT2D eigenvalue weighted by Gasteiger charge is 2.32. The van der Waals surface area contributed by atoms with Gasteiger partial charge >= 0.3 is 0 Å². The molecule has 0 aliphatic carbocycles. The molecule has 2 rings (SSSR count). The highest BCUT2D eigenvalue weighted by molar-refractivity contribution is 5.97. The average Bonchev–Trinajstić information content (AvgIpc) is 2.48. The largest absolute Gasteiger partial charge is 0.397 e. The monoisotopic (exact) mass is 291 g/mol. The van der Waals surface area contributed by atoms with Gasteiger partial charge in [0, 0.05) is 12.6 Å². The molecule has 116 valence electrons. The van der Waals surface area contributed by atoms with E-state index < -0.39 is 0 Å². The zero-order chi connectivity index (χ0) is 15.4. The minimum absolute atomic E-state index is 0.0274. The zero-order valence-electron chi connectivity index (χ0n) is 13.0. The van der Waals surface area contributed by atoms with Gasteiger partial charge in [-0.05, 0) is 32.4 Å². The summed E-state index contributed by atoms with van der Waals surface area (Å²) in [4.78, 5) is 14.7. The summed E-state index contributed by atoms with van der Waals surface area (Å²) in [6.07, 6.45) is 1.13. The predicted molar refractivity (Wildman–Crippen MR) is 85.1 cm³/mol. The topological polar surface area (TPSA) is 67.6 Å². The number of para-hydroxylation sites is 2. The Hall–Kier alpha value is -1.59. The van der Waals surface area contributed by atoms with Gasteiger partial charge in [0.25, 0.3) is 0 Å². The van der Waals surface area contributed by atoms with Gasteiger partial charge in [-0.2, -0.15) is 0 Å². The molecular weight excluding hydrogens is 266 g/mol. The van der Waals surface area contributed by atoms with Crippen molar-refractivity contribution in [2.45, 2.75) is 45.4 Å². The summed E-state index contributed by atoms with van der Waals surface area (Å²) in [5, 5.41) is 2.92. The van der Waals surface area contributed by atoms with Crippen molar-refractivity contribution in [3.05, 3.63) is 24.3 Å². The maximum absolute atomic E-state index is 12.5. The molecule has 0 saturated carbocycles. The first kappa shape index (κ1) is 15.8. The number of nitrogen functional groups attached to an aromatic ring is 1. The molecule has 21 heavy (non-hydrogen) atoms. The second kappa shape index (κ2) is 6.91. The van der Waals surface area contributed by atoms with Crippen LogP contribution in [-0.4, -0.2) is 42.1 Å². The number of carbonyl (C=O) groups is 1. The lowest BCUT2D eigenvalue weighted by Gasteiger charge is -2.41. The van der Waals surface area contributed by atoms with Gasteiger partial charge in [0.2, 0.25) is 5.91 Å². The van der Waals surface area contributed by atoms with Gasteiger partial charge in [-0.1, -0.05) is 19.1 Å². The van der Waals surface area contributed by atoms with Gasteiger partial charge in [0.05, 0.1) is 30.1 Å². The normalized spacial score (nSPS) is 24.5. The average molecular weight is 291 g/mol. The van der Waals surface area contributed by atoms with E-state index >= 15 is 0 Å². The Morgan fingerprint density at radius 1 is 1.52 bits per heavy atom. The number of hydrogen-bond donors (Lipinski definition) is 2. The molecule has 1 aliphatic rings. The third-order valence-corrected chi connectivity index (χ3v) is 4.08. The number of ether oxygens (including phenoxy) is 1. The van der Waals surface area contributed by atoms with Crippen LogP contribution in [0.3, 0.4) is 0 Å². The van der Waals surface area contributed by atoms with Gasteiger partial charge in [-0.25, -0.2) is 0 Å². The number of benzene rings is 1. The summed E-state index contributed by atoms with van der Waals surface area (Å²) in [6, 6.07) is 7.40. The maximum Gasteiger partial charge on any atom is 0.241 e. The number of rotatable bonds is 4. The van der Waals surface area contributed by atoms with E-state index in [9.17, 15) is 4.79 Å². The van der Waals surface area contributed by atoms with Crippen LogP contribution in [0.15, 0.2) is 24.3 Å². The molecule has 1 amide bonds. The highest BCUT2D eigenvalue weighted by atomic mass is 16.5. The van der Waals surface area contributed by atoms with Crippen LogP contribution < -0.4 is 11.1 Å². The smallest absolute Gasteiger partial charge is 0.241 e. The van der Waals surface area contributed by atoms with Crippen molar-refractivity contribution in [3.63, 3.8) is 0 Å². The van der Waals surface area contributed by atoms with E-state index in [1.807, 2.05) is 32.0 Å². The van der Waals surface area contributed by atoms with Crippen LogP contribution in [0.4, 0.5) is 11.4 Å². The SMILES string of the molecule is CCC1COC(C)CN1C(C)C(=O)Nc1ccccc1N. The summed E-state index contributed by atoms with van der Waals surface area (Å²) in [6.45, 7) is 7.56. The van der Waals surface area contributed by atoms with Gasteiger partial charge < -0.3 is 15.8 Å². The van der Waals surface area contributed by atoms with Crippen molar-refractivity contribution >= 4 is 17.3 Å². The molecule has 3 atom stereocenters. The number of nitrogens with zero attached hydrogens (tertiary/aromatic N) is 1. The molecule has 1 fully saturated rings. The standard InChI is InChI=1S/C16H25N3O2/c1-4-13-10-21-11(2)9-19(13)12(3)16(20)18-15-8-6-5-7-14(15)17/h5-8,11-13H,4,9-10,17H2,1-3H3,(H,18,20). The van der Waals surface area contributed by atoms with E-state index in [1.54, 1.807) is 6.07 Å². The van der Waals surface area contributed by atoms with Crippen LogP contribution in [-0.2, 0) is 9.53 Å². The summed E-state index contributed by atoms with van der Waals surface area (Å²) >= 11 is 0. The minimum Gasteiger partial charge on any atom is -0.397 e. The summed E-state index contributed by atoms with van der Waals surface area (Å²) in [5.74, 6) is -0.0274. The molecule has 5 nitrogen and oxygen atoms in total. The van der Waals surface area contributed by atoms with Crippen LogP contribution in [0.25, 0.3) is 0 Å². The van der Waals surface area contributed by atoms with Crippen molar-refractivity contribution in [3.8, 4) is 0 Å². The Bertz CT molecular complexity index is 492. The van der Waals surface area contributed by atoms with E-state index in [1.165, 1.54) is 0 Å². The van der Waals surface area contributed by atoms with Crippen LogP contribution in [0.5, 0.6) is 0 Å². The van der Waals surface area contributed by atoms with E-state index in [2.05, 4.69) is 17.1 Å². The van der Waals surface area contributed by atoms with E-state index in [0.29, 0.717) is 18.0 Å². The van der Waals surface area contributed by atoms with E-state index in [4.69, 9.17) is 10.5 Å². The van der Waals surface area contributed by atoms with Crippen molar-refractivity contribution in [2.24, 2.45) is 0 Å². The van der Waals surface area contributed by atoms with Crippen molar-refractivity contribution in [1.29, 1.82) is 0 Å². The van der Waals surface area contributed by atoms with Crippen molar-refractivity contribution < 1.29 is 9.53 Å². The molecule has 1 saturated heterocycles. The fourth-order valence-corrected chi connectivity index (χ4v) is 2.70. The second-order valence-electron chi connectivity index (χ2n) is 5.66. The van der Waals surface area contributed by atoms with Crippen LogP contribution in [0, 0.1) is 0 Å². The maximum atomic E-state index is 12.5. The van der Waals surface area contributed by atoms with Gasteiger partial charge in [-0.3, -0.25) is 9.69 Å². The van der Waals surface area contributed by atoms with Gasteiger partial charge in [0.15, 0.2) is 0 Å². The Morgan fingerprint density at radius 2 is 2.24 bits per heavy atom. The van der Waals surface area contributed by atoms with Gasteiger partial charge in [0.1, 0.15) is 0 Å². The summed E-state index contributed by atoms with van der Waals surface area (Å²) in [7, 11) is 0. The van der Waals surface area contributed by atoms with Crippen molar-refractivity contribution in [1.82, 2.24) is 4.90 Å². The predicted octanol–water partition coefficient (Wildman–Crippen LogP) is 2.10. The van der Waals surface area contributed by atoms with Crippen LogP contribution >= 0.6 is 0 Å². The lowest BCUT2D eigenvalue weighted by atomic mass is 10.1. The second-order valence-corrected chi connectivity index (χ2v) is 5.66. The van der Waals surface area contributed by atoms with Gasteiger partial charge in [-0.15, -0.1) is 0 Å². The molecule has 0 aromatic heterocycles. The molecule has 1 aromatic rings. The Labute approximate surface area is 126 Å². The summed E-state index contributed by atoms with van der Waals surface area (Å²) in [5.41, 5.74) is 7.13. The molecule has 1 aromatic carbocycles. The number of hydrogen-bond acceptors (Lipinski definition) is 4. The Balaban J connectivity index is 2.05. The van der Waals surface area contributed by atoms with Crippen LogP contribution in [0.2, 0.25) is 0 Å². The molecule has 3 N–H and O–H groups in total. The van der Waals surface area contributed by atoms with Crippen molar-refractivity contribution in [2.75, 3.05) is 24.2 Å². The molecule has 1 aliphatic heterocycles. The first-order valence-corrected chi connectivity index (χ1v) is 7.55. The first-order valence-electron chi connectivity index (χ1n) is 7.55. The fraction of sp³-hybridized carbons (Fsp3) is 0.562. The Kier molecular flexibility index (Phi) is 5.20. The lowest BCUT2D eigenvalue weighted by molar-refractivity contribution is -0.127. The molecule has 3 unspecified atom stereocenters. The molecular formula is C16H25N3O2.